The summed E-state index contributed by atoms with van der Waals surface area (Å²) in [6.45, 7) is 0. The summed E-state index contributed by atoms with van der Waals surface area (Å²) in [5, 5.41) is 0. The SMILES string of the molecule is COc1cccc(CC(NN)c2ncc[nH]2)c1. The van der Waals surface area contributed by atoms with Crippen LogP contribution < -0.4 is 16.0 Å². The van der Waals surface area contributed by atoms with Crippen molar-refractivity contribution >= 4 is 0 Å². The third-order valence-electron chi connectivity index (χ3n) is 2.62. The molecule has 0 radical (unpaired) electrons. The fraction of sp³-hybridized carbons (Fsp3) is 0.250. The molecule has 2 aromatic rings. The summed E-state index contributed by atoms with van der Waals surface area (Å²) in [4.78, 5) is 7.25. The fourth-order valence-corrected chi connectivity index (χ4v) is 1.74. The molecule has 0 bridgehead atoms. The average Bonchev–Trinajstić information content (AvgIpc) is 2.90. The maximum Gasteiger partial charge on any atom is 0.124 e. The van der Waals surface area contributed by atoms with E-state index in [0.717, 1.165) is 23.6 Å². The van der Waals surface area contributed by atoms with E-state index in [0.29, 0.717) is 0 Å². The summed E-state index contributed by atoms with van der Waals surface area (Å²) in [5.74, 6) is 7.22. The monoisotopic (exact) mass is 232 g/mol. The number of hydrogen-bond acceptors (Lipinski definition) is 4. The number of hydrogen-bond donors (Lipinski definition) is 3. The van der Waals surface area contributed by atoms with Crippen LogP contribution >= 0.6 is 0 Å². The van der Waals surface area contributed by atoms with Crippen LogP contribution in [0.1, 0.15) is 17.4 Å². The highest BCUT2D eigenvalue weighted by atomic mass is 16.5. The Kier molecular flexibility index (Phi) is 3.74. The van der Waals surface area contributed by atoms with Crippen LogP contribution in [0.4, 0.5) is 0 Å². The zero-order valence-corrected chi connectivity index (χ0v) is 9.68. The van der Waals surface area contributed by atoms with Crippen LogP contribution in [0.15, 0.2) is 36.7 Å². The second kappa shape index (κ2) is 5.47. The maximum atomic E-state index is 5.54. The Labute approximate surface area is 100.0 Å². The average molecular weight is 232 g/mol. The van der Waals surface area contributed by atoms with Crippen molar-refractivity contribution in [2.75, 3.05) is 7.11 Å². The number of hydrazine groups is 1. The minimum atomic E-state index is -0.0305. The number of benzene rings is 1. The van der Waals surface area contributed by atoms with E-state index in [4.69, 9.17) is 10.6 Å². The van der Waals surface area contributed by atoms with Gasteiger partial charge in [0.1, 0.15) is 11.6 Å². The highest BCUT2D eigenvalue weighted by Gasteiger charge is 2.12. The Bertz CT molecular complexity index is 455. The van der Waals surface area contributed by atoms with Crippen molar-refractivity contribution in [3.63, 3.8) is 0 Å². The molecule has 0 aliphatic rings. The van der Waals surface area contributed by atoms with Gasteiger partial charge in [-0.1, -0.05) is 12.1 Å². The Balaban J connectivity index is 2.13. The molecule has 2 rings (SSSR count). The van der Waals surface area contributed by atoms with Crippen LogP contribution in [0.2, 0.25) is 0 Å². The predicted octanol–water partition coefficient (Wildman–Crippen LogP) is 1.17. The van der Waals surface area contributed by atoms with E-state index < -0.39 is 0 Å². The van der Waals surface area contributed by atoms with Gasteiger partial charge in [0.05, 0.1) is 13.2 Å². The zero-order chi connectivity index (χ0) is 12.1. The summed E-state index contributed by atoms with van der Waals surface area (Å²) in [6, 6.07) is 7.88. The van der Waals surface area contributed by atoms with Crippen molar-refractivity contribution in [3.8, 4) is 5.75 Å². The molecule has 90 valence electrons. The molecule has 1 aromatic heterocycles. The molecule has 0 amide bonds. The first kappa shape index (κ1) is 11.6. The van der Waals surface area contributed by atoms with Crippen molar-refractivity contribution in [3.05, 3.63) is 48.0 Å². The minimum absolute atomic E-state index is 0.0305. The van der Waals surface area contributed by atoms with Gasteiger partial charge in [0.15, 0.2) is 0 Å². The van der Waals surface area contributed by atoms with Gasteiger partial charge in [0.25, 0.3) is 0 Å². The van der Waals surface area contributed by atoms with Gasteiger partial charge in [-0.15, -0.1) is 0 Å². The molecule has 0 aliphatic heterocycles. The number of rotatable bonds is 5. The minimum Gasteiger partial charge on any atom is -0.497 e. The van der Waals surface area contributed by atoms with Gasteiger partial charge in [-0.25, -0.2) is 10.4 Å². The Hall–Kier alpha value is -1.85. The van der Waals surface area contributed by atoms with Crippen molar-refractivity contribution in [1.82, 2.24) is 15.4 Å². The van der Waals surface area contributed by atoms with Crippen LogP contribution in [0.3, 0.4) is 0 Å². The number of imidazole rings is 1. The van der Waals surface area contributed by atoms with Crippen LogP contribution in [0.25, 0.3) is 0 Å². The molecule has 17 heavy (non-hydrogen) atoms. The lowest BCUT2D eigenvalue weighted by atomic mass is 10.1. The molecule has 5 heteroatoms. The predicted molar refractivity (Wildman–Crippen MR) is 65.3 cm³/mol. The Morgan fingerprint density at radius 2 is 2.41 bits per heavy atom. The van der Waals surface area contributed by atoms with E-state index >= 15 is 0 Å². The summed E-state index contributed by atoms with van der Waals surface area (Å²) in [6.07, 6.45) is 4.25. The number of aromatic amines is 1. The fourth-order valence-electron chi connectivity index (χ4n) is 1.74. The van der Waals surface area contributed by atoms with E-state index in [2.05, 4.69) is 15.4 Å². The number of H-pyrrole nitrogens is 1. The third kappa shape index (κ3) is 2.83. The standard InChI is InChI=1S/C12H16N4O/c1-17-10-4-2-3-9(7-10)8-11(16-13)12-14-5-6-15-12/h2-7,11,16H,8,13H2,1H3,(H,14,15). The first-order chi connectivity index (χ1) is 8.33. The molecule has 1 atom stereocenters. The molecule has 0 spiro atoms. The second-order valence-electron chi connectivity index (χ2n) is 3.75. The van der Waals surface area contributed by atoms with Gasteiger partial charge in [0.2, 0.25) is 0 Å². The lowest BCUT2D eigenvalue weighted by Gasteiger charge is -2.13. The van der Waals surface area contributed by atoms with Crippen molar-refractivity contribution in [2.45, 2.75) is 12.5 Å². The van der Waals surface area contributed by atoms with E-state index in [1.54, 1.807) is 19.5 Å². The molecule has 1 aromatic carbocycles. The van der Waals surface area contributed by atoms with Gasteiger partial charge < -0.3 is 9.72 Å². The van der Waals surface area contributed by atoms with E-state index in [1.165, 1.54) is 0 Å². The van der Waals surface area contributed by atoms with Gasteiger partial charge in [0, 0.05) is 12.4 Å². The van der Waals surface area contributed by atoms with Gasteiger partial charge >= 0.3 is 0 Å². The summed E-state index contributed by atoms with van der Waals surface area (Å²) in [5.41, 5.74) is 3.90. The second-order valence-corrected chi connectivity index (χ2v) is 3.75. The number of nitrogens with zero attached hydrogens (tertiary/aromatic N) is 1. The molecule has 0 aliphatic carbocycles. The number of aromatic nitrogens is 2. The van der Waals surface area contributed by atoms with Crippen LogP contribution in [-0.4, -0.2) is 17.1 Å². The molecule has 1 unspecified atom stereocenters. The molecule has 0 saturated carbocycles. The highest BCUT2D eigenvalue weighted by Crippen LogP contribution is 2.18. The quantitative estimate of drug-likeness (QED) is 0.534. The smallest absolute Gasteiger partial charge is 0.124 e. The van der Waals surface area contributed by atoms with Crippen LogP contribution in [-0.2, 0) is 6.42 Å². The first-order valence-corrected chi connectivity index (χ1v) is 5.42. The van der Waals surface area contributed by atoms with Crippen LogP contribution in [0, 0.1) is 0 Å². The van der Waals surface area contributed by atoms with Gasteiger partial charge in [-0.05, 0) is 24.1 Å². The van der Waals surface area contributed by atoms with Crippen molar-refractivity contribution in [2.24, 2.45) is 5.84 Å². The van der Waals surface area contributed by atoms with E-state index in [1.807, 2.05) is 24.3 Å². The number of ether oxygens (including phenoxy) is 1. The molecule has 0 saturated heterocycles. The van der Waals surface area contributed by atoms with Gasteiger partial charge in [-0.3, -0.25) is 5.84 Å². The maximum absolute atomic E-state index is 5.54. The molecule has 0 fully saturated rings. The zero-order valence-electron chi connectivity index (χ0n) is 9.68. The molecule has 1 heterocycles. The van der Waals surface area contributed by atoms with Crippen molar-refractivity contribution < 1.29 is 4.74 Å². The number of methoxy groups -OCH3 is 1. The molecular weight excluding hydrogens is 216 g/mol. The summed E-state index contributed by atoms with van der Waals surface area (Å²) in [7, 11) is 1.66. The molecule has 4 N–H and O–H groups in total. The summed E-state index contributed by atoms with van der Waals surface area (Å²) >= 11 is 0. The Morgan fingerprint density at radius 1 is 1.53 bits per heavy atom. The lowest BCUT2D eigenvalue weighted by Crippen LogP contribution is -2.30. The van der Waals surface area contributed by atoms with Gasteiger partial charge in [-0.2, -0.15) is 0 Å². The summed E-state index contributed by atoms with van der Waals surface area (Å²) < 4.78 is 5.19. The van der Waals surface area contributed by atoms with E-state index in [9.17, 15) is 0 Å². The molecular formula is C12H16N4O. The first-order valence-electron chi connectivity index (χ1n) is 5.42. The third-order valence-corrected chi connectivity index (χ3v) is 2.62. The number of nitrogens with one attached hydrogen (secondary N) is 2. The Morgan fingerprint density at radius 3 is 3.06 bits per heavy atom. The van der Waals surface area contributed by atoms with E-state index in [-0.39, 0.29) is 6.04 Å². The lowest BCUT2D eigenvalue weighted by molar-refractivity contribution is 0.413. The normalized spacial score (nSPS) is 12.4. The number of nitrogens with two attached hydrogens (primary N) is 1. The highest BCUT2D eigenvalue weighted by molar-refractivity contribution is 5.29. The molecule has 5 nitrogen and oxygen atoms in total. The van der Waals surface area contributed by atoms with Crippen LogP contribution in [0.5, 0.6) is 5.75 Å². The topological polar surface area (TPSA) is 76.0 Å². The van der Waals surface area contributed by atoms with Crippen molar-refractivity contribution in [1.29, 1.82) is 0 Å². The largest absolute Gasteiger partial charge is 0.497 e.